The Morgan fingerprint density at radius 3 is 2.55 bits per heavy atom. The lowest BCUT2D eigenvalue weighted by atomic mass is 10.1. The quantitative estimate of drug-likeness (QED) is 0.658. The summed E-state index contributed by atoms with van der Waals surface area (Å²) in [5.74, 6) is 5.42. The van der Waals surface area contributed by atoms with Crippen molar-refractivity contribution in [2.75, 3.05) is 0 Å². The van der Waals surface area contributed by atoms with Gasteiger partial charge in [0.05, 0.1) is 6.04 Å². The Bertz CT molecular complexity index is 541. The number of thiazole rings is 1. The summed E-state index contributed by atoms with van der Waals surface area (Å²) < 4.78 is 37.5. The van der Waals surface area contributed by atoms with E-state index in [4.69, 9.17) is 5.84 Å². The fourth-order valence-electron chi connectivity index (χ4n) is 1.75. The average Bonchev–Trinajstić information content (AvgIpc) is 2.90. The van der Waals surface area contributed by atoms with Crippen LogP contribution in [-0.4, -0.2) is 9.97 Å². The van der Waals surface area contributed by atoms with Crippen molar-refractivity contribution in [1.82, 2.24) is 15.4 Å². The largest absolute Gasteiger partial charge is 0.443 e. The molecule has 2 aromatic rings. The van der Waals surface area contributed by atoms with Crippen molar-refractivity contribution in [3.8, 4) is 0 Å². The average molecular weight is 302 g/mol. The molecule has 108 valence electrons. The van der Waals surface area contributed by atoms with Crippen LogP contribution >= 0.6 is 11.3 Å². The van der Waals surface area contributed by atoms with Crippen molar-refractivity contribution in [2.45, 2.75) is 25.1 Å². The summed E-state index contributed by atoms with van der Waals surface area (Å²) >= 11 is 0.617. The SMILES string of the molecule is NNC(CCc1ccncc1)c1cnc(C(F)(F)F)s1. The lowest BCUT2D eigenvalue weighted by Gasteiger charge is -2.13. The molecule has 0 aliphatic heterocycles. The van der Waals surface area contributed by atoms with Crippen LogP contribution in [-0.2, 0) is 12.6 Å². The first-order valence-corrected chi connectivity index (χ1v) is 6.70. The molecule has 0 amide bonds. The number of halogens is 3. The second kappa shape index (κ2) is 6.29. The molecule has 8 heteroatoms. The van der Waals surface area contributed by atoms with E-state index in [1.165, 1.54) is 6.20 Å². The van der Waals surface area contributed by atoms with E-state index in [1.54, 1.807) is 12.4 Å². The Kier molecular flexibility index (Phi) is 4.69. The van der Waals surface area contributed by atoms with Crippen LogP contribution in [0.2, 0.25) is 0 Å². The number of nitrogens with two attached hydrogens (primary N) is 1. The van der Waals surface area contributed by atoms with Crippen LogP contribution in [0.1, 0.15) is 27.9 Å². The standard InChI is InChI=1S/C12H13F3N4S/c13-12(14,15)11-18-7-10(20-11)9(19-16)2-1-8-3-5-17-6-4-8/h3-7,9,19H,1-2,16H2. The fourth-order valence-corrected chi connectivity index (χ4v) is 2.62. The maximum Gasteiger partial charge on any atom is 0.443 e. The predicted octanol–water partition coefficient (Wildman–Crippen LogP) is 2.69. The number of hydrogen-bond acceptors (Lipinski definition) is 5. The summed E-state index contributed by atoms with van der Waals surface area (Å²) in [6, 6.07) is 3.37. The topological polar surface area (TPSA) is 63.8 Å². The summed E-state index contributed by atoms with van der Waals surface area (Å²) in [6.45, 7) is 0. The van der Waals surface area contributed by atoms with Crippen LogP contribution in [0.5, 0.6) is 0 Å². The first-order chi connectivity index (χ1) is 9.50. The van der Waals surface area contributed by atoms with Crippen LogP contribution < -0.4 is 11.3 Å². The molecule has 1 unspecified atom stereocenters. The Hall–Kier alpha value is -1.51. The van der Waals surface area contributed by atoms with Gasteiger partial charge in [-0.2, -0.15) is 13.2 Å². The lowest BCUT2D eigenvalue weighted by Crippen LogP contribution is -2.27. The van der Waals surface area contributed by atoms with E-state index in [2.05, 4.69) is 15.4 Å². The van der Waals surface area contributed by atoms with E-state index in [-0.39, 0.29) is 6.04 Å². The van der Waals surface area contributed by atoms with Gasteiger partial charge < -0.3 is 0 Å². The molecular weight excluding hydrogens is 289 g/mol. The van der Waals surface area contributed by atoms with Crippen LogP contribution in [0.3, 0.4) is 0 Å². The van der Waals surface area contributed by atoms with Gasteiger partial charge in [-0.1, -0.05) is 0 Å². The van der Waals surface area contributed by atoms with Crippen LogP contribution in [0.15, 0.2) is 30.7 Å². The number of alkyl halides is 3. The van der Waals surface area contributed by atoms with Gasteiger partial charge in [-0.05, 0) is 30.5 Å². The molecule has 0 saturated carbocycles. The van der Waals surface area contributed by atoms with Crippen LogP contribution in [0.4, 0.5) is 13.2 Å². The Morgan fingerprint density at radius 2 is 2.00 bits per heavy atom. The van der Waals surface area contributed by atoms with Gasteiger partial charge in [0.25, 0.3) is 0 Å². The van der Waals surface area contributed by atoms with E-state index in [0.717, 1.165) is 5.56 Å². The minimum Gasteiger partial charge on any atom is -0.271 e. The summed E-state index contributed by atoms with van der Waals surface area (Å²) in [5, 5.41) is -0.850. The molecular formula is C12H13F3N4S. The fraction of sp³-hybridized carbons (Fsp3) is 0.333. The maximum absolute atomic E-state index is 12.5. The van der Waals surface area contributed by atoms with Gasteiger partial charge in [0.2, 0.25) is 0 Å². The second-order valence-corrected chi connectivity index (χ2v) is 5.24. The number of aryl methyl sites for hydroxylation is 1. The second-order valence-electron chi connectivity index (χ2n) is 4.18. The smallest absolute Gasteiger partial charge is 0.271 e. The Labute approximate surface area is 117 Å². The molecule has 0 spiro atoms. The summed E-state index contributed by atoms with van der Waals surface area (Å²) in [4.78, 5) is 7.79. The van der Waals surface area contributed by atoms with Crippen molar-refractivity contribution in [2.24, 2.45) is 5.84 Å². The van der Waals surface area contributed by atoms with Gasteiger partial charge in [-0.15, -0.1) is 11.3 Å². The number of hydrazine groups is 1. The van der Waals surface area contributed by atoms with Gasteiger partial charge in [-0.3, -0.25) is 16.3 Å². The molecule has 0 bridgehead atoms. The van der Waals surface area contributed by atoms with Crippen LogP contribution in [0, 0.1) is 0 Å². The Balaban J connectivity index is 2.03. The predicted molar refractivity (Wildman–Crippen MR) is 69.7 cm³/mol. The third-order valence-corrected chi connectivity index (χ3v) is 3.94. The van der Waals surface area contributed by atoms with E-state index < -0.39 is 11.2 Å². The first-order valence-electron chi connectivity index (χ1n) is 5.88. The van der Waals surface area contributed by atoms with Crippen molar-refractivity contribution in [3.63, 3.8) is 0 Å². The lowest BCUT2D eigenvalue weighted by molar-refractivity contribution is -0.137. The van der Waals surface area contributed by atoms with E-state index in [1.807, 2.05) is 12.1 Å². The monoisotopic (exact) mass is 302 g/mol. The van der Waals surface area contributed by atoms with Gasteiger partial charge in [0.1, 0.15) is 0 Å². The van der Waals surface area contributed by atoms with E-state index in [9.17, 15) is 13.2 Å². The summed E-state index contributed by atoms with van der Waals surface area (Å²) in [6.07, 6.45) is 1.44. The van der Waals surface area contributed by atoms with Crippen molar-refractivity contribution in [3.05, 3.63) is 46.2 Å². The normalized spacial score (nSPS) is 13.4. The number of nitrogens with zero attached hydrogens (tertiary/aromatic N) is 2. The van der Waals surface area contributed by atoms with Crippen molar-refractivity contribution in [1.29, 1.82) is 0 Å². The highest BCUT2D eigenvalue weighted by Crippen LogP contribution is 2.35. The third kappa shape index (κ3) is 3.75. The molecule has 0 aliphatic carbocycles. The van der Waals surface area contributed by atoms with Gasteiger partial charge in [-0.25, -0.2) is 4.98 Å². The zero-order valence-electron chi connectivity index (χ0n) is 10.4. The summed E-state index contributed by atoms with van der Waals surface area (Å²) in [7, 11) is 0. The third-order valence-electron chi connectivity index (χ3n) is 2.78. The highest BCUT2D eigenvalue weighted by atomic mass is 32.1. The molecule has 2 heterocycles. The van der Waals surface area contributed by atoms with Crippen molar-refractivity contribution < 1.29 is 13.2 Å². The molecule has 0 aromatic carbocycles. The van der Waals surface area contributed by atoms with Gasteiger partial charge in [0.15, 0.2) is 5.01 Å². The summed E-state index contributed by atoms with van der Waals surface area (Å²) in [5.41, 5.74) is 3.60. The maximum atomic E-state index is 12.5. The molecule has 1 atom stereocenters. The zero-order valence-corrected chi connectivity index (χ0v) is 11.2. The molecule has 20 heavy (non-hydrogen) atoms. The highest BCUT2D eigenvalue weighted by molar-refractivity contribution is 7.11. The number of hydrogen-bond donors (Lipinski definition) is 2. The molecule has 3 N–H and O–H groups in total. The van der Waals surface area contributed by atoms with Crippen LogP contribution in [0.25, 0.3) is 0 Å². The number of pyridine rings is 1. The molecule has 0 saturated heterocycles. The minimum atomic E-state index is -4.41. The molecule has 4 nitrogen and oxygen atoms in total. The molecule has 0 fully saturated rings. The molecule has 2 rings (SSSR count). The number of rotatable bonds is 5. The number of nitrogens with one attached hydrogen (secondary N) is 1. The van der Waals surface area contributed by atoms with Crippen molar-refractivity contribution >= 4 is 11.3 Å². The van der Waals surface area contributed by atoms with Gasteiger partial charge in [0, 0.05) is 23.5 Å². The number of aromatic nitrogens is 2. The minimum absolute atomic E-state index is 0.350. The van der Waals surface area contributed by atoms with E-state index in [0.29, 0.717) is 29.1 Å². The van der Waals surface area contributed by atoms with Gasteiger partial charge >= 0.3 is 6.18 Å². The Morgan fingerprint density at radius 1 is 1.30 bits per heavy atom. The molecule has 0 radical (unpaired) electrons. The molecule has 0 aliphatic rings. The highest BCUT2D eigenvalue weighted by Gasteiger charge is 2.35. The zero-order chi connectivity index (χ0) is 14.6. The molecule has 2 aromatic heterocycles. The van der Waals surface area contributed by atoms with E-state index >= 15 is 0 Å². The first kappa shape index (κ1) is 14.9.